The van der Waals surface area contributed by atoms with E-state index < -0.39 is 0 Å². The molecule has 2 aromatic heterocycles. The van der Waals surface area contributed by atoms with Crippen LogP contribution in [0.3, 0.4) is 0 Å². The Morgan fingerprint density at radius 2 is 2.08 bits per heavy atom. The monoisotopic (exact) mass is 357 g/mol. The van der Waals surface area contributed by atoms with Gasteiger partial charge in [0.2, 0.25) is 5.82 Å². The molecular weight excluding hydrogens is 334 g/mol. The molecule has 3 aromatic rings. The van der Waals surface area contributed by atoms with Gasteiger partial charge in [0, 0.05) is 18.1 Å². The molecule has 0 atom stereocenters. The molecule has 0 aliphatic rings. The van der Waals surface area contributed by atoms with Gasteiger partial charge in [0.1, 0.15) is 5.75 Å². The highest BCUT2D eigenvalue weighted by molar-refractivity contribution is 7.07. The predicted octanol–water partition coefficient (Wildman–Crippen LogP) is 4.70. The van der Waals surface area contributed by atoms with Crippen molar-refractivity contribution in [1.29, 1.82) is 0 Å². The minimum atomic E-state index is 0.521. The van der Waals surface area contributed by atoms with E-state index in [2.05, 4.69) is 54.2 Å². The minimum Gasteiger partial charge on any atom is -0.461 e. The maximum absolute atomic E-state index is 5.96. The van der Waals surface area contributed by atoms with Crippen LogP contribution in [-0.2, 0) is 6.42 Å². The zero-order chi connectivity index (χ0) is 17.8. The van der Waals surface area contributed by atoms with Gasteiger partial charge in [-0.3, -0.25) is 0 Å². The zero-order valence-electron chi connectivity index (χ0n) is 15.1. The normalized spacial score (nSPS) is 11.2. The van der Waals surface area contributed by atoms with Crippen molar-refractivity contribution in [1.82, 2.24) is 14.3 Å². The predicted molar refractivity (Wildman–Crippen MR) is 100 cm³/mol. The number of furan rings is 1. The molecule has 1 aromatic carbocycles. The molecule has 0 aliphatic carbocycles. The van der Waals surface area contributed by atoms with E-state index in [4.69, 9.17) is 9.15 Å². The summed E-state index contributed by atoms with van der Waals surface area (Å²) in [6.45, 7) is 8.49. The van der Waals surface area contributed by atoms with E-state index in [1.54, 1.807) is 6.26 Å². The number of aryl methyl sites for hydroxylation is 2. The molecule has 0 fully saturated rings. The van der Waals surface area contributed by atoms with Crippen molar-refractivity contribution in [2.75, 3.05) is 20.1 Å². The number of hydrogen-bond donors (Lipinski definition) is 0. The van der Waals surface area contributed by atoms with Crippen LogP contribution >= 0.6 is 11.5 Å². The van der Waals surface area contributed by atoms with Crippen molar-refractivity contribution in [3.05, 3.63) is 47.2 Å². The second-order valence-electron chi connectivity index (χ2n) is 6.15. The molecule has 0 bridgehead atoms. The Bertz CT molecular complexity index is 827. The summed E-state index contributed by atoms with van der Waals surface area (Å²) < 4.78 is 15.6. The molecule has 5 nitrogen and oxygen atoms in total. The van der Waals surface area contributed by atoms with Crippen LogP contribution in [0.1, 0.15) is 23.6 Å². The van der Waals surface area contributed by atoms with Gasteiger partial charge >= 0.3 is 0 Å². The first-order valence-corrected chi connectivity index (χ1v) is 9.18. The van der Waals surface area contributed by atoms with Gasteiger partial charge in [-0.1, -0.05) is 13.0 Å². The summed E-state index contributed by atoms with van der Waals surface area (Å²) in [6, 6.07) is 7.95. The summed E-state index contributed by atoms with van der Waals surface area (Å²) in [4.78, 5) is 6.71. The maximum atomic E-state index is 5.96. The van der Waals surface area contributed by atoms with E-state index in [1.807, 2.05) is 12.1 Å². The molecule has 2 heterocycles. The van der Waals surface area contributed by atoms with Crippen molar-refractivity contribution in [3.8, 4) is 22.5 Å². The van der Waals surface area contributed by atoms with Crippen LogP contribution in [0.2, 0.25) is 0 Å². The number of likely N-dealkylation sites (N-methyl/N-ethyl adjacent to an activating group) is 1. The van der Waals surface area contributed by atoms with Gasteiger partial charge in [-0.25, -0.2) is 0 Å². The fourth-order valence-corrected chi connectivity index (χ4v) is 3.10. The summed E-state index contributed by atoms with van der Waals surface area (Å²) in [5, 5.41) is 0.521. The highest BCUT2D eigenvalue weighted by Crippen LogP contribution is 2.31. The average molecular weight is 357 g/mol. The standard InChI is InChI=1S/C19H23N3O2S/c1-5-22(4)9-8-15-11-14(3)17(12-13(15)2)24-19-20-18(21-25-19)16-7-6-10-23-16/h6-7,10-12H,5,8-9H2,1-4H3. The summed E-state index contributed by atoms with van der Waals surface area (Å²) in [5.41, 5.74) is 3.70. The minimum absolute atomic E-state index is 0.521. The van der Waals surface area contributed by atoms with Crippen LogP contribution in [-0.4, -0.2) is 34.4 Å². The van der Waals surface area contributed by atoms with Crippen LogP contribution in [0.25, 0.3) is 11.6 Å². The highest BCUT2D eigenvalue weighted by Gasteiger charge is 2.13. The molecule has 0 N–H and O–H groups in total. The second-order valence-corrected chi connectivity index (χ2v) is 6.87. The molecule has 6 heteroatoms. The molecule has 25 heavy (non-hydrogen) atoms. The van der Waals surface area contributed by atoms with E-state index >= 15 is 0 Å². The molecule has 0 radical (unpaired) electrons. The number of hydrogen-bond acceptors (Lipinski definition) is 6. The lowest BCUT2D eigenvalue weighted by atomic mass is 10.0. The van der Waals surface area contributed by atoms with Crippen molar-refractivity contribution in [2.24, 2.45) is 0 Å². The number of aromatic nitrogens is 2. The van der Waals surface area contributed by atoms with Gasteiger partial charge in [-0.2, -0.15) is 9.36 Å². The van der Waals surface area contributed by atoms with Crippen molar-refractivity contribution < 1.29 is 9.15 Å². The molecule has 0 spiro atoms. The Morgan fingerprint density at radius 1 is 1.24 bits per heavy atom. The molecule has 0 amide bonds. The lowest BCUT2D eigenvalue weighted by molar-refractivity contribution is 0.357. The van der Waals surface area contributed by atoms with E-state index in [9.17, 15) is 0 Å². The van der Waals surface area contributed by atoms with Gasteiger partial charge in [0.25, 0.3) is 5.19 Å². The number of rotatable bonds is 7. The summed E-state index contributed by atoms with van der Waals surface area (Å²) in [6.07, 6.45) is 2.65. The van der Waals surface area contributed by atoms with Crippen LogP contribution < -0.4 is 4.74 Å². The van der Waals surface area contributed by atoms with Crippen molar-refractivity contribution >= 4 is 11.5 Å². The maximum Gasteiger partial charge on any atom is 0.299 e. The fourth-order valence-electron chi connectivity index (χ4n) is 2.55. The first-order chi connectivity index (χ1) is 12.1. The Kier molecular flexibility index (Phi) is 5.50. The van der Waals surface area contributed by atoms with Gasteiger partial charge in [0.15, 0.2) is 5.76 Å². The summed E-state index contributed by atoms with van der Waals surface area (Å²) in [5.74, 6) is 2.03. The zero-order valence-corrected chi connectivity index (χ0v) is 15.9. The van der Waals surface area contributed by atoms with Gasteiger partial charge < -0.3 is 14.1 Å². The summed E-state index contributed by atoms with van der Waals surface area (Å²) >= 11 is 1.23. The smallest absolute Gasteiger partial charge is 0.299 e. The Balaban J connectivity index is 1.73. The van der Waals surface area contributed by atoms with E-state index in [0.29, 0.717) is 16.8 Å². The van der Waals surface area contributed by atoms with E-state index in [-0.39, 0.29) is 0 Å². The SMILES string of the molecule is CCN(C)CCc1cc(C)c(Oc2nc(-c3ccco3)ns2)cc1C. The fraction of sp³-hybridized carbons (Fsp3) is 0.368. The Labute approximate surface area is 152 Å². The van der Waals surface area contributed by atoms with Crippen molar-refractivity contribution in [2.45, 2.75) is 27.2 Å². The molecule has 0 unspecified atom stereocenters. The number of ether oxygens (including phenoxy) is 1. The van der Waals surface area contributed by atoms with Crippen LogP contribution in [0.5, 0.6) is 10.9 Å². The topological polar surface area (TPSA) is 51.4 Å². The van der Waals surface area contributed by atoms with Crippen LogP contribution in [0.15, 0.2) is 34.9 Å². The lowest BCUT2D eigenvalue weighted by Crippen LogP contribution is -2.20. The number of benzene rings is 1. The second kappa shape index (κ2) is 7.80. The van der Waals surface area contributed by atoms with E-state index in [0.717, 1.165) is 30.8 Å². The molecule has 0 saturated carbocycles. The first-order valence-electron chi connectivity index (χ1n) is 8.41. The molecule has 3 rings (SSSR count). The Hall–Kier alpha value is -2.18. The van der Waals surface area contributed by atoms with Gasteiger partial charge in [0.05, 0.1) is 6.26 Å². The molecule has 0 aliphatic heterocycles. The van der Waals surface area contributed by atoms with E-state index in [1.165, 1.54) is 22.7 Å². The summed E-state index contributed by atoms with van der Waals surface area (Å²) in [7, 11) is 2.14. The first kappa shape index (κ1) is 17.6. The molecular formula is C19H23N3O2S. The highest BCUT2D eigenvalue weighted by atomic mass is 32.1. The van der Waals surface area contributed by atoms with Crippen LogP contribution in [0.4, 0.5) is 0 Å². The third-order valence-corrected chi connectivity index (χ3v) is 4.88. The average Bonchev–Trinajstić information content (AvgIpc) is 3.27. The van der Waals surface area contributed by atoms with Crippen molar-refractivity contribution in [3.63, 3.8) is 0 Å². The third-order valence-electron chi connectivity index (χ3n) is 4.28. The lowest BCUT2D eigenvalue weighted by Gasteiger charge is -2.16. The number of nitrogens with zero attached hydrogens (tertiary/aromatic N) is 3. The molecule has 0 saturated heterocycles. The van der Waals surface area contributed by atoms with Gasteiger partial charge in [-0.05, 0) is 68.8 Å². The molecule has 132 valence electrons. The third kappa shape index (κ3) is 4.27. The van der Waals surface area contributed by atoms with Gasteiger partial charge in [-0.15, -0.1) is 0 Å². The largest absolute Gasteiger partial charge is 0.461 e. The Morgan fingerprint density at radius 3 is 2.80 bits per heavy atom. The quantitative estimate of drug-likeness (QED) is 0.613. The van der Waals surface area contributed by atoms with Crippen LogP contribution in [0, 0.1) is 13.8 Å².